The van der Waals surface area contributed by atoms with Crippen molar-refractivity contribution >= 4 is 6.29 Å². The van der Waals surface area contributed by atoms with Crippen LogP contribution in [0, 0.1) is 35.0 Å². The van der Waals surface area contributed by atoms with Gasteiger partial charge in [-0.1, -0.05) is 78.4 Å². The molecule has 2 saturated carbocycles. The number of allylic oxidation sites excluding steroid dienone is 9. The van der Waals surface area contributed by atoms with Gasteiger partial charge in [0.1, 0.15) is 12.5 Å². The van der Waals surface area contributed by atoms with Crippen molar-refractivity contribution in [2.45, 2.75) is 103 Å². The summed E-state index contributed by atoms with van der Waals surface area (Å²) in [6.07, 6.45) is 16.9. The quantitative estimate of drug-likeness (QED) is 0.0636. The molecule has 4 aliphatic rings. The smallest absolute Gasteiger partial charge is 0.145 e. The monoisotopic (exact) mass is 742 g/mol. The second-order valence-corrected chi connectivity index (χ2v) is 16.5. The summed E-state index contributed by atoms with van der Waals surface area (Å²) in [6.45, 7) is 13.9. The number of nitrogens with one attached hydrogen (secondary N) is 2. The van der Waals surface area contributed by atoms with Crippen molar-refractivity contribution in [1.82, 2.24) is 10.6 Å². The lowest BCUT2D eigenvalue weighted by molar-refractivity contribution is -0.194. The van der Waals surface area contributed by atoms with Gasteiger partial charge in [-0.25, -0.2) is 0 Å². The predicted molar refractivity (Wildman–Crippen MR) is 217 cm³/mol. The van der Waals surface area contributed by atoms with Gasteiger partial charge in [-0.2, -0.15) is 0 Å². The molecule has 54 heavy (non-hydrogen) atoms. The first-order chi connectivity index (χ1) is 25.9. The summed E-state index contributed by atoms with van der Waals surface area (Å²) < 4.78 is 6.03. The molecule has 10 atom stereocenters. The fourth-order valence-corrected chi connectivity index (χ4v) is 10.3. The Morgan fingerprint density at radius 1 is 1.19 bits per heavy atom. The molecule has 0 unspecified atom stereocenters. The molecule has 8 heteroatoms. The molecule has 0 amide bonds. The molecule has 8 nitrogen and oxygen atoms in total. The molecule has 5 rings (SSSR count). The first-order valence-corrected chi connectivity index (χ1v) is 20.2. The third-order valence-electron chi connectivity index (χ3n) is 13.1. The van der Waals surface area contributed by atoms with Crippen LogP contribution in [0.25, 0.3) is 0 Å². The van der Waals surface area contributed by atoms with Gasteiger partial charge in [0.25, 0.3) is 0 Å². The van der Waals surface area contributed by atoms with Gasteiger partial charge in [0.05, 0.1) is 18.3 Å². The van der Waals surface area contributed by atoms with E-state index in [1.54, 1.807) is 0 Å². The van der Waals surface area contributed by atoms with E-state index in [1.807, 2.05) is 33.9 Å². The highest BCUT2D eigenvalue weighted by Gasteiger charge is 2.68. The number of carbonyl (C=O) groups is 1. The molecule has 2 fully saturated rings. The lowest BCUT2D eigenvalue weighted by Gasteiger charge is -2.61. The van der Waals surface area contributed by atoms with E-state index in [2.05, 4.69) is 78.8 Å². The van der Waals surface area contributed by atoms with Crippen molar-refractivity contribution in [2.75, 3.05) is 33.4 Å². The van der Waals surface area contributed by atoms with Gasteiger partial charge >= 0.3 is 0 Å². The SMILES string of the molecule is C=C(C=CC=C(COCC)[C@H]1CC[C@]2([C@@H]1O)[C@H]1C(=C(C)C=O)[C@@H](C=C[C@H]1CCO)C[C@]2(O)CCNC)[C@@H]1CC=C(C)[C@@H](O)N[C@@H](C)Cc2cccc(c2)C1. The average Bonchev–Trinajstić information content (AvgIpc) is 3.50. The maximum absolute atomic E-state index is 12.9. The molecule has 1 aromatic rings. The Bertz CT molecular complexity index is 1630. The van der Waals surface area contributed by atoms with Crippen LogP contribution in [0.5, 0.6) is 0 Å². The van der Waals surface area contributed by atoms with Crippen LogP contribution in [-0.2, 0) is 22.4 Å². The minimum absolute atomic E-state index is 0.0171. The molecule has 6 N–H and O–H groups in total. The number of aliphatic hydroxyl groups is 4. The number of benzene rings is 1. The van der Waals surface area contributed by atoms with Crippen molar-refractivity contribution < 1.29 is 30.0 Å². The van der Waals surface area contributed by atoms with Crippen LogP contribution in [0.2, 0.25) is 0 Å². The molecule has 1 heterocycles. The number of hydrogen-bond donors (Lipinski definition) is 6. The summed E-state index contributed by atoms with van der Waals surface area (Å²) in [4.78, 5) is 12.4. The molecule has 1 aliphatic heterocycles. The third kappa shape index (κ3) is 8.86. The van der Waals surface area contributed by atoms with Crippen LogP contribution in [0.4, 0.5) is 0 Å². The van der Waals surface area contributed by atoms with Gasteiger partial charge in [-0.15, -0.1) is 0 Å². The normalized spacial score (nSPS) is 35.4. The van der Waals surface area contributed by atoms with Crippen molar-refractivity contribution in [3.63, 3.8) is 0 Å². The Morgan fingerprint density at radius 3 is 2.65 bits per heavy atom. The van der Waals surface area contributed by atoms with Crippen LogP contribution in [0.3, 0.4) is 0 Å². The molecule has 4 bridgehead atoms. The zero-order valence-corrected chi connectivity index (χ0v) is 33.3. The van der Waals surface area contributed by atoms with Gasteiger partial charge in [-0.3, -0.25) is 10.1 Å². The molecule has 296 valence electrons. The number of aliphatic hydroxyl groups excluding tert-OH is 3. The van der Waals surface area contributed by atoms with Crippen molar-refractivity contribution in [2.24, 2.45) is 35.0 Å². The Morgan fingerprint density at radius 2 is 1.94 bits per heavy atom. The van der Waals surface area contributed by atoms with Gasteiger partial charge in [-0.05, 0) is 138 Å². The van der Waals surface area contributed by atoms with Crippen molar-refractivity contribution in [3.05, 3.63) is 106 Å². The molecule has 0 aromatic heterocycles. The van der Waals surface area contributed by atoms with Crippen LogP contribution in [0.1, 0.15) is 77.3 Å². The second-order valence-electron chi connectivity index (χ2n) is 16.5. The molecule has 0 radical (unpaired) electrons. The fourth-order valence-electron chi connectivity index (χ4n) is 10.3. The largest absolute Gasteiger partial charge is 0.396 e. The van der Waals surface area contributed by atoms with Crippen LogP contribution in [-0.4, -0.2) is 84.1 Å². The Hall–Kier alpha value is -2.95. The van der Waals surface area contributed by atoms with E-state index in [1.165, 1.54) is 11.1 Å². The number of rotatable bonds is 13. The Labute approximate surface area is 323 Å². The van der Waals surface area contributed by atoms with Crippen molar-refractivity contribution in [3.8, 4) is 0 Å². The number of carbonyl (C=O) groups excluding carboxylic acids is 1. The van der Waals surface area contributed by atoms with Crippen molar-refractivity contribution in [1.29, 1.82) is 0 Å². The van der Waals surface area contributed by atoms with E-state index in [0.717, 1.165) is 47.8 Å². The molecular formula is C46H66N2O6. The van der Waals surface area contributed by atoms with Gasteiger partial charge < -0.3 is 30.5 Å². The standard InChI is InChI=1S/C46H66N2O6/c1-7-54-29-39(13-8-10-30(2)37-15-14-31(3)44(52)48-33(5)24-34-11-9-12-35(25-34)26-37)40-18-20-46(43(40)51)42-36(19-23-49)16-17-38(41(42)32(4)28-50)27-45(46,53)21-22-47-6/h8-14,16-17,25,28,33,36-38,40,42-44,47-49,51-53H,2,7,15,18-24,26-27,29H2,1,3-6H3/t33-,36-,37+,38-,40+,42+,43+,44+,45+,46+/m0/s1. The molecule has 0 saturated heterocycles. The summed E-state index contributed by atoms with van der Waals surface area (Å²) in [6, 6.07) is 8.83. The summed E-state index contributed by atoms with van der Waals surface area (Å²) in [5.41, 5.74) is 4.91. The highest BCUT2D eigenvalue weighted by Crippen LogP contribution is 2.67. The number of aldehydes is 1. The Kier molecular flexibility index (Phi) is 14.7. The Balaban J connectivity index is 1.49. The molecular weight excluding hydrogens is 677 g/mol. The number of ether oxygens (including phenoxy) is 1. The fraction of sp³-hybridized carbons (Fsp3) is 0.587. The van der Waals surface area contributed by atoms with E-state index in [9.17, 15) is 25.2 Å². The number of hydrogen-bond acceptors (Lipinski definition) is 8. The van der Waals surface area contributed by atoms with Crippen LogP contribution in [0.15, 0.2) is 95.2 Å². The number of fused-ring (bicyclic) bond motifs is 5. The molecule has 1 aromatic carbocycles. The van der Waals surface area contributed by atoms with Gasteiger partial charge in [0.15, 0.2) is 0 Å². The summed E-state index contributed by atoms with van der Waals surface area (Å²) in [5.74, 6) is -0.640. The first-order valence-electron chi connectivity index (χ1n) is 20.2. The van der Waals surface area contributed by atoms with Gasteiger partial charge in [0, 0.05) is 36.5 Å². The zero-order chi connectivity index (χ0) is 39.0. The molecule has 1 spiro atoms. The lowest BCUT2D eigenvalue weighted by Crippen LogP contribution is -2.65. The van der Waals surface area contributed by atoms with E-state index < -0.39 is 23.3 Å². The minimum atomic E-state index is -1.19. The topological polar surface area (TPSA) is 131 Å². The zero-order valence-electron chi connectivity index (χ0n) is 33.3. The molecule has 3 aliphatic carbocycles. The highest BCUT2D eigenvalue weighted by molar-refractivity contribution is 5.74. The second kappa shape index (κ2) is 18.8. The van der Waals surface area contributed by atoms with E-state index in [0.29, 0.717) is 57.4 Å². The first kappa shape index (κ1) is 42.2. The van der Waals surface area contributed by atoms with E-state index >= 15 is 0 Å². The predicted octanol–water partition coefficient (Wildman–Crippen LogP) is 5.93. The summed E-state index contributed by atoms with van der Waals surface area (Å²) in [7, 11) is 1.88. The van der Waals surface area contributed by atoms with E-state index in [-0.39, 0.29) is 42.2 Å². The van der Waals surface area contributed by atoms with Crippen LogP contribution < -0.4 is 10.6 Å². The third-order valence-corrected chi connectivity index (χ3v) is 13.1. The average molecular weight is 743 g/mol. The maximum Gasteiger partial charge on any atom is 0.145 e. The maximum atomic E-state index is 12.9. The highest BCUT2D eigenvalue weighted by atomic mass is 16.5. The lowest BCUT2D eigenvalue weighted by atomic mass is 9.45. The minimum Gasteiger partial charge on any atom is -0.396 e. The summed E-state index contributed by atoms with van der Waals surface area (Å²) in [5, 5.41) is 53.2. The van der Waals surface area contributed by atoms with Crippen LogP contribution >= 0.6 is 0 Å². The van der Waals surface area contributed by atoms with Gasteiger partial charge in [0.2, 0.25) is 0 Å². The van der Waals surface area contributed by atoms with E-state index in [4.69, 9.17) is 4.74 Å². The summed E-state index contributed by atoms with van der Waals surface area (Å²) >= 11 is 0.